The molecular weight excluding hydrogens is 410 g/mol. The van der Waals surface area contributed by atoms with Gasteiger partial charge in [0.05, 0.1) is 23.9 Å². The number of carbonyl (C=O) groups excluding carboxylic acids is 2. The zero-order valence-electron chi connectivity index (χ0n) is 15.6. The van der Waals surface area contributed by atoms with Gasteiger partial charge in [0.2, 0.25) is 5.91 Å². The van der Waals surface area contributed by atoms with Gasteiger partial charge in [0.1, 0.15) is 5.76 Å². The minimum Gasteiger partial charge on any atom is -0.469 e. The Hall–Kier alpha value is -3.99. The molecule has 30 heavy (non-hydrogen) atoms. The Morgan fingerprint density at radius 1 is 1.23 bits per heavy atom. The predicted octanol–water partition coefficient (Wildman–Crippen LogP) is 2.82. The van der Waals surface area contributed by atoms with E-state index in [1.807, 2.05) is 0 Å². The molecular formula is C19H15N5O5S. The lowest BCUT2D eigenvalue weighted by Crippen LogP contribution is -2.15. The summed E-state index contributed by atoms with van der Waals surface area (Å²) in [6.07, 6.45) is 1.47. The van der Waals surface area contributed by atoms with E-state index in [9.17, 15) is 14.4 Å². The highest BCUT2D eigenvalue weighted by Gasteiger charge is 2.15. The number of H-pyrrole nitrogens is 1. The summed E-state index contributed by atoms with van der Waals surface area (Å²) >= 11 is 1.23. The summed E-state index contributed by atoms with van der Waals surface area (Å²) in [5, 5.41) is 11.2. The summed E-state index contributed by atoms with van der Waals surface area (Å²) in [5.41, 5.74) is 2.07. The highest BCUT2D eigenvalue weighted by molar-refractivity contribution is 7.14. The molecule has 11 heteroatoms. The number of hydrogen-bond acceptors (Lipinski definition) is 8. The molecule has 0 aliphatic carbocycles. The second-order valence-electron chi connectivity index (χ2n) is 6.24. The second-order valence-corrected chi connectivity index (χ2v) is 7.10. The van der Waals surface area contributed by atoms with E-state index in [1.54, 1.807) is 42.6 Å². The molecule has 2 amide bonds. The van der Waals surface area contributed by atoms with Gasteiger partial charge in [0.25, 0.3) is 5.91 Å². The van der Waals surface area contributed by atoms with E-state index in [-0.39, 0.29) is 24.1 Å². The van der Waals surface area contributed by atoms with E-state index in [2.05, 4.69) is 30.3 Å². The van der Waals surface area contributed by atoms with E-state index in [1.165, 1.54) is 17.6 Å². The van der Waals surface area contributed by atoms with Gasteiger partial charge in [0.15, 0.2) is 11.0 Å². The fourth-order valence-corrected chi connectivity index (χ4v) is 3.40. The smallest absolute Gasteiger partial charge is 0.439 e. The van der Waals surface area contributed by atoms with Gasteiger partial charge in [-0.05, 0) is 25.1 Å². The quantitative estimate of drug-likeness (QED) is 0.431. The topological polar surface area (TPSA) is 143 Å². The molecule has 3 N–H and O–H groups in total. The molecule has 0 aliphatic rings. The van der Waals surface area contributed by atoms with Crippen LogP contribution in [0, 0.1) is 6.92 Å². The summed E-state index contributed by atoms with van der Waals surface area (Å²) < 4.78 is 9.61. The van der Waals surface area contributed by atoms with Crippen molar-refractivity contribution in [1.29, 1.82) is 0 Å². The van der Waals surface area contributed by atoms with Crippen LogP contribution in [0.2, 0.25) is 0 Å². The molecule has 3 aromatic heterocycles. The number of rotatable bonds is 6. The number of benzene rings is 1. The molecule has 0 spiro atoms. The molecule has 0 fully saturated rings. The number of hydrogen-bond donors (Lipinski definition) is 3. The summed E-state index contributed by atoms with van der Waals surface area (Å²) in [7, 11) is 0. The Kier molecular flexibility index (Phi) is 5.26. The molecule has 3 heterocycles. The first kappa shape index (κ1) is 19.3. The highest BCUT2D eigenvalue weighted by Crippen LogP contribution is 2.20. The first-order chi connectivity index (χ1) is 14.5. The zero-order valence-corrected chi connectivity index (χ0v) is 16.4. The van der Waals surface area contributed by atoms with Crippen molar-refractivity contribution < 1.29 is 18.5 Å². The van der Waals surface area contributed by atoms with Crippen LogP contribution in [0.15, 0.2) is 55.7 Å². The molecule has 0 unspecified atom stereocenters. The molecule has 1 aromatic carbocycles. The maximum Gasteiger partial charge on any atom is 0.439 e. The van der Waals surface area contributed by atoms with E-state index in [0.717, 1.165) is 0 Å². The fraction of sp³-hybridized carbons (Fsp3) is 0.105. The molecule has 0 saturated carbocycles. The minimum absolute atomic E-state index is 0.0299. The number of amides is 2. The Bertz CT molecular complexity index is 1270. The summed E-state index contributed by atoms with van der Waals surface area (Å²) in [4.78, 5) is 42.4. The Morgan fingerprint density at radius 3 is 2.83 bits per heavy atom. The van der Waals surface area contributed by atoms with E-state index < -0.39 is 5.76 Å². The van der Waals surface area contributed by atoms with Crippen LogP contribution in [0.25, 0.3) is 11.4 Å². The number of aryl methyl sites for hydroxylation is 1. The number of nitrogens with one attached hydrogen (secondary N) is 3. The van der Waals surface area contributed by atoms with Gasteiger partial charge in [-0.1, -0.05) is 17.3 Å². The van der Waals surface area contributed by atoms with Gasteiger partial charge < -0.3 is 9.73 Å². The standard InChI is InChI=1S/C19H15N5O5S/c1-10-14(5-6-28-10)17(26)23-18-21-13(9-30-18)8-15(25)20-12-4-2-3-11(7-12)16-22-19(27)29-24-16/h2-7,9H,8H2,1H3,(H,20,25)(H,21,23,26)(H,22,24,27). The minimum atomic E-state index is -0.659. The van der Waals surface area contributed by atoms with E-state index >= 15 is 0 Å². The van der Waals surface area contributed by atoms with Crippen molar-refractivity contribution in [1.82, 2.24) is 15.1 Å². The molecule has 0 saturated heterocycles. The van der Waals surface area contributed by atoms with Crippen molar-refractivity contribution in [3.8, 4) is 11.4 Å². The van der Waals surface area contributed by atoms with Crippen molar-refractivity contribution in [2.75, 3.05) is 10.6 Å². The average Bonchev–Trinajstić information content (AvgIpc) is 3.44. The van der Waals surface area contributed by atoms with Crippen molar-refractivity contribution in [2.45, 2.75) is 13.3 Å². The Balaban J connectivity index is 1.37. The Labute approximate surface area is 172 Å². The number of thiazole rings is 1. The maximum absolute atomic E-state index is 12.4. The van der Waals surface area contributed by atoms with Gasteiger partial charge in [-0.2, -0.15) is 0 Å². The van der Waals surface area contributed by atoms with Crippen LogP contribution in [0.5, 0.6) is 0 Å². The Morgan fingerprint density at radius 2 is 2.10 bits per heavy atom. The molecule has 10 nitrogen and oxygen atoms in total. The van der Waals surface area contributed by atoms with Gasteiger partial charge in [-0.15, -0.1) is 11.3 Å². The largest absolute Gasteiger partial charge is 0.469 e. The molecule has 4 aromatic rings. The van der Waals surface area contributed by atoms with Crippen LogP contribution in [-0.2, 0) is 11.2 Å². The number of aromatic amines is 1. The van der Waals surface area contributed by atoms with Crippen LogP contribution < -0.4 is 16.4 Å². The summed E-state index contributed by atoms with van der Waals surface area (Å²) in [6.45, 7) is 1.70. The van der Waals surface area contributed by atoms with E-state index in [4.69, 9.17) is 4.42 Å². The zero-order chi connectivity index (χ0) is 21.1. The van der Waals surface area contributed by atoms with Crippen molar-refractivity contribution >= 4 is 34.0 Å². The number of nitrogens with zero attached hydrogens (tertiary/aromatic N) is 2. The van der Waals surface area contributed by atoms with Gasteiger partial charge in [-0.25, -0.2) is 9.78 Å². The molecule has 4 rings (SSSR count). The van der Waals surface area contributed by atoms with Crippen molar-refractivity contribution in [2.24, 2.45) is 0 Å². The lowest BCUT2D eigenvalue weighted by atomic mass is 10.2. The predicted molar refractivity (Wildman–Crippen MR) is 108 cm³/mol. The first-order valence-corrected chi connectivity index (χ1v) is 9.62. The lowest BCUT2D eigenvalue weighted by Gasteiger charge is -2.05. The summed E-state index contributed by atoms with van der Waals surface area (Å²) in [6, 6.07) is 8.38. The van der Waals surface area contributed by atoms with Gasteiger partial charge in [-0.3, -0.25) is 24.4 Å². The number of aromatic nitrogens is 3. The van der Waals surface area contributed by atoms with E-state index in [0.29, 0.717) is 33.4 Å². The van der Waals surface area contributed by atoms with Crippen LogP contribution in [0.4, 0.5) is 10.8 Å². The van der Waals surface area contributed by atoms with Crippen LogP contribution >= 0.6 is 11.3 Å². The number of anilines is 2. The van der Waals surface area contributed by atoms with Crippen LogP contribution in [-0.4, -0.2) is 26.9 Å². The van der Waals surface area contributed by atoms with Gasteiger partial charge in [0, 0.05) is 16.6 Å². The van der Waals surface area contributed by atoms with Crippen molar-refractivity contribution in [3.63, 3.8) is 0 Å². The third-order valence-electron chi connectivity index (χ3n) is 4.08. The number of furan rings is 1. The number of carbonyl (C=O) groups is 2. The first-order valence-electron chi connectivity index (χ1n) is 8.74. The fourth-order valence-electron chi connectivity index (χ4n) is 2.70. The normalized spacial score (nSPS) is 10.7. The molecule has 0 aliphatic heterocycles. The third kappa shape index (κ3) is 4.36. The molecule has 0 atom stereocenters. The summed E-state index contributed by atoms with van der Waals surface area (Å²) in [5.74, 6) is -0.484. The molecule has 0 bridgehead atoms. The SMILES string of the molecule is Cc1occc1C(=O)Nc1nc(CC(=O)Nc2cccc(-c3noc(=O)[nH]3)c2)cs1. The third-order valence-corrected chi connectivity index (χ3v) is 4.88. The average molecular weight is 425 g/mol. The molecule has 0 radical (unpaired) electrons. The van der Waals surface area contributed by atoms with Crippen LogP contribution in [0.3, 0.4) is 0 Å². The highest BCUT2D eigenvalue weighted by atomic mass is 32.1. The van der Waals surface area contributed by atoms with Crippen molar-refractivity contribution in [3.05, 3.63) is 69.5 Å². The second kappa shape index (κ2) is 8.17. The lowest BCUT2D eigenvalue weighted by molar-refractivity contribution is -0.115. The monoisotopic (exact) mass is 425 g/mol. The molecule has 152 valence electrons. The van der Waals surface area contributed by atoms with Crippen LogP contribution in [0.1, 0.15) is 21.8 Å². The van der Waals surface area contributed by atoms with Gasteiger partial charge >= 0.3 is 5.76 Å². The maximum atomic E-state index is 12.4.